The van der Waals surface area contributed by atoms with Gasteiger partial charge in [0.2, 0.25) is 11.8 Å². The summed E-state index contributed by atoms with van der Waals surface area (Å²) in [5.74, 6) is 1.88. The van der Waals surface area contributed by atoms with Gasteiger partial charge in [-0.25, -0.2) is 0 Å². The van der Waals surface area contributed by atoms with Crippen LogP contribution < -0.4 is 4.90 Å². The number of benzene rings is 2. The maximum Gasteiger partial charge on any atom is 0.203 e. The molecule has 0 saturated heterocycles. The van der Waals surface area contributed by atoms with E-state index < -0.39 is 0 Å². The first kappa shape index (κ1) is 15.3. The van der Waals surface area contributed by atoms with Gasteiger partial charge in [-0.05, 0) is 25.0 Å². The van der Waals surface area contributed by atoms with Crippen molar-refractivity contribution in [3.8, 4) is 0 Å². The molecule has 1 saturated carbocycles. The third-order valence-corrected chi connectivity index (χ3v) is 5.18. The fourth-order valence-electron chi connectivity index (χ4n) is 3.82. The first-order valence-corrected chi connectivity index (χ1v) is 9.06. The Morgan fingerprint density at radius 3 is 1.77 bits per heavy atom. The first-order chi connectivity index (χ1) is 12.8. The van der Waals surface area contributed by atoms with Crippen molar-refractivity contribution >= 4 is 39.5 Å². The van der Waals surface area contributed by atoms with Crippen molar-refractivity contribution in [3.05, 3.63) is 60.7 Å². The monoisotopic (exact) mass is 345 g/mol. The van der Waals surface area contributed by atoms with E-state index in [0.29, 0.717) is 18.6 Å². The van der Waals surface area contributed by atoms with Gasteiger partial charge in [0.1, 0.15) is 16.9 Å². The highest BCUT2D eigenvalue weighted by atomic mass is 16.4. The predicted molar refractivity (Wildman–Crippen MR) is 102 cm³/mol. The molecule has 1 aliphatic carbocycles. The third-order valence-electron chi connectivity index (χ3n) is 5.18. The van der Waals surface area contributed by atoms with Gasteiger partial charge >= 0.3 is 0 Å². The lowest BCUT2D eigenvalue weighted by Crippen LogP contribution is -2.34. The number of carbonyl (C=O) groups is 1. The number of Topliss-reactive ketones (excluding diaryl/α,β-unsaturated/α-hetero) is 1. The van der Waals surface area contributed by atoms with E-state index in [4.69, 9.17) is 8.83 Å². The fraction of sp³-hybridized carbons (Fsp3) is 0.227. The van der Waals surface area contributed by atoms with Gasteiger partial charge in [-0.2, -0.15) is 0 Å². The quantitative estimate of drug-likeness (QED) is 0.469. The van der Waals surface area contributed by atoms with Gasteiger partial charge in [0.05, 0.1) is 0 Å². The van der Waals surface area contributed by atoms with E-state index in [2.05, 4.69) is 17.0 Å². The van der Waals surface area contributed by atoms with E-state index in [1.54, 1.807) is 0 Å². The summed E-state index contributed by atoms with van der Waals surface area (Å²) in [7, 11) is 0. The molecule has 5 rings (SSSR count). The summed E-state index contributed by atoms with van der Waals surface area (Å²) in [6, 6.07) is 20.3. The minimum absolute atomic E-state index is 0.189. The topological polar surface area (TPSA) is 46.6 Å². The number of hydrogen-bond donors (Lipinski definition) is 0. The lowest BCUT2D eigenvalue weighted by atomic mass is 9.93. The molecule has 130 valence electrons. The second-order valence-electron chi connectivity index (χ2n) is 6.88. The Morgan fingerprint density at radius 2 is 1.27 bits per heavy atom. The van der Waals surface area contributed by atoms with Gasteiger partial charge in [0, 0.05) is 41.8 Å². The Labute approximate surface area is 151 Å². The van der Waals surface area contributed by atoms with Gasteiger partial charge in [-0.1, -0.05) is 36.4 Å². The molecule has 0 unspecified atom stereocenters. The van der Waals surface area contributed by atoms with Crippen LogP contribution in [0.3, 0.4) is 0 Å². The average Bonchev–Trinajstić information content (AvgIpc) is 3.27. The molecule has 2 aromatic heterocycles. The van der Waals surface area contributed by atoms with E-state index in [1.807, 2.05) is 48.5 Å². The van der Waals surface area contributed by atoms with Crippen molar-refractivity contribution in [2.45, 2.75) is 31.7 Å². The number of hydrogen-bond acceptors (Lipinski definition) is 4. The molecule has 1 aliphatic rings. The van der Waals surface area contributed by atoms with Crippen LogP contribution in [0.2, 0.25) is 0 Å². The van der Waals surface area contributed by atoms with Gasteiger partial charge < -0.3 is 8.83 Å². The van der Waals surface area contributed by atoms with Crippen LogP contribution in [-0.2, 0) is 4.79 Å². The number of ketones is 1. The van der Waals surface area contributed by atoms with Crippen LogP contribution in [0.5, 0.6) is 0 Å². The highest BCUT2D eigenvalue weighted by molar-refractivity contribution is 5.85. The molecule has 0 bridgehead atoms. The molecular weight excluding hydrogens is 326 g/mol. The molecule has 4 heteroatoms. The maximum atomic E-state index is 11.7. The molecule has 0 N–H and O–H groups in total. The molecule has 0 spiro atoms. The summed E-state index contributed by atoms with van der Waals surface area (Å²) in [6.45, 7) is 0. The van der Waals surface area contributed by atoms with Crippen molar-refractivity contribution < 1.29 is 13.6 Å². The summed E-state index contributed by atoms with van der Waals surface area (Å²) in [4.78, 5) is 13.9. The van der Waals surface area contributed by atoms with E-state index in [-0.39, 0.29) is 6.04 Å². The van der Waals surface area contributed by atoms with Crippen molar-refractivity contribution in [1.29, 1.82) is 0 Å². The third kappa shape index (κ3) is 2.58. The minimum Gasteiger partial charge on any atom is -0.440 e. The Hall–Kier alpha value is -3.01. The summed E-state index contributed by atoms with van der Waals surface area (Å²) < 4.78 is 12.3. The van der Waals surface area contributed by atoms with Crippen LogP contribution >= 0.6 is 0 Å². The maximum absolute atomic E-state index is 11.7. The highest BCUT2D eigenvalue weighted by Gasteiger charge is 2.30. The van der Waals surface area contributed by atoms with Gasteiger partial charge in [0.25, 0.3) is 0 Å². The zero-order chi connectivity index (χ0) is 17.5. The Balaban J connectivity index is 1.63. The molecule has 4 nitrogen and oxygen atoms in total. The smallest absolute Gasteiger partial charge is 0.203 e. The second-order valence-corrected chi connectivity index (χ2v) is 6.88. The van der Waals surface area contributed by atoms with Crippen molar-refractivity contribution in [2.24, 2.45) is 0 Å². The SMILES string of the molecule is O=C1CCC(N(c2cc3ccccc3o2)c2cc3ccccc3o2)CC1. The van der Waals surface area contributed by atoms with Crippen LogP contribution in [0.15, 0.2) is 69.5 Å². The molecular formula is C22H19NO3. The van der Waals surface area contributed by atoms with E-state index in [0.717, 1.165) is 46.5 Å². The van der Waals surface area contributed by atoms with E-state index in [9.17, 15) is 4.79 Å². The van der Waals surface area contributed by atoms with E-state index in [1.165, 1.54) is 0 Å². The molecule has 2 aromatic carbocycles. The Morgan fingerprint density at radius 1 is 0.769 bits per heavy atom. The van der Waals surface area contributed by atoms with Gasteiger partial charge in [-0.3, -0.25) is 9.69 Å². The number of carbonyl (C=O) groups excluding carboxylic acids is 1. The Kier molecular flexibility index (Phi) is 3.56. The molecule has 1 fully saturated rings. The van der Waals surface area contributed by atoms with Gasteiger partial charge in [0.15, 0.2) is 0 Å². The molecule has 0 amide bonds. The summed E-state index contributed by atoms with van der Waals surface area (Å²) in [6.07, 6.45) is 2.85. The summed E-state index contributed by atoms with van der Waals surface area (Å²) in [5.41, 5.74) is 1.71. The predicted octanol–water partition coefficient (Wildman–Crippen LogP) is 5.83. The van der Waals surface area contributed by atoms with Crippen molar-refractivity contribution in [3.63, 3.8) is 0 Å². The number of rotatable bonds is 3. The summed E-state index contributed by atoms with van der Waals surface area (Å²) >= 11 is 0. The summed E-state index contributed by atoms with van der Waals surface area (Å²) in [5, 5.41) is 2.13. The molecule has 0 atom stereocenters. The molecule has 2 heterocycles. The number of anilines is 2. The van der Waals surface area contributed by atoms with Crippen LogP contribution in [0.4, 0.5) is 11.8 Å². The van der Waals surface area contributed by atoms with Crippen molar-refractivity contribution in [2.75, 3.05) is 4.90 Å². The van der Waals surface area contributed by atoms with Crippen LogP contribution in [0, 0.1) is 0 Å². The first-order valence-electron chi connectivity index (χ1n) is 9.06. The fourth-order valence-corrected chi connectivity index (χ4v) is 3.82. The normalized spacial score (nSPS) is 15.8. The number of para-hydroxylation sites is 2. The Bertz CT molecular complexity index is 941. The van der Waals surface area contributed by atoms with E-state index >= 15 is 0 Å². The minimum atomic E-state index is 0.189. The van der Waals surface area contributed by atoms with Crippen LogP contribution in [0.25, 0.3) is 21.9 Å². The standard InChI is InChI=1S/C22H19NO3/c24-18-11-9-17(10-12-18)23(21-13-15-5-1-3-7-19(15)25-21)22-14-16-6-2-4-8-20(16)26-22/h1-8,13-14,17H,9-12H2. The zero-order valence-electron chi connectivity index (χ0n) is 14.4. The highest BCUT2D eigenvalue weighted by Crippen LogP contribution is 2.39. The number of fused-ring (bicyclic) bond motifs is 2. The lowest BCUT2D eigenvalue weighted by Gasteiger charge is -2.31. The lowest BCUT2D eigenvalue weighted by molar-refractivity contribution is -0.120. The molecule has 4 aromatic rings. The molecule has 0 aliphatic heterocycles. The number of furan rings is 2. The second kappa shape index (κ2) is 6.06. The van der Waals surface area contributed by atoms with Crippen LogP contribution in [0.1, 0.15) is 25.7 Å². The molecule has 0 radical (unpaired) electrons. The molecule has 26 heavy (non-hydrogen) atoms. The number of nitrogens with zero attached hydrogens (tertiary/aromatic N) is 1. The zero-order valence-corrected chi connectivity index (χ0v) is 14.4. The largest absolute Gasteiger partial charge is 0.440 e. The average molecular weight is 345 g/mol. The van der Waals surface area contributed by atoms with Crippen LogP contribution in [-0.4, -0.2) is 11.8 Å². The van der Waals surface area contributed by atoms with Crippen molar-refractivity contribution in [1.82, 2.24) is 0 Å². The van der Waals surface area contributed by atoms with Gasteiger partial charge in [-0.15, -0.1) is 0 Å².